The van der Waals surface area contributed by atoms with Gasteiger partial charge in [-0.25, -0.2) is 4.39 Å². The molecule has 1 unspecified atom stereocenters. The Balaban J connectivity index is 3.07. The zero-order chi connectivity index (χ0) is 19.7. The van der Waals surface area contributed by atoms with Gasteiger partial charge in [0.25, 0.3) is 5.91 Å². The lowest BCUT2D eigenvalue weighted by atomic mass is 10.0. The predicted octanol–water partition coefficient (Wildman–Crippen LogP) is 6.45. The van der Waals surface area contributed by atoms with Crippen molar-refractivity contribution in [2.24, 2.45) is 0 Å². The molecule has 0 aliphatic heterocycles. The Labute approximate surface area is 153 Å². The first-order valence-corrected chi connectivity index (χ1v) is 9.40. The minimum Gasteiger partial charge on any atom is -0.336 e. The number of unbranched alkanes of at least 4 members (excludes halogenated alkanes) is 4. The van der Waals surface area contributed by atoms with Crippen LogP contribution in [0.4, 0.5) is 17.6 Å². The Kier molecular flexibility index (Phi) is 9.09. The van der Waals surface area contributed by atoms with Gasteiger partial charge in [0.15, 0.2) is 0 Å². The van der Waals surface area contributed by atoms with E-state index in [9.17, 15) is 22.4 Å². The van der Waals surface area contributed by atoms with Crippen molar-refractivity contribution in [3.05, 3.63) is 35.1 Å². The second-order valence-corrected chi connectivity index (χ2v) is 6.72. The number of hydrogen-bond acceptors (Lipinski definition) is 1. The Morgan fingerprint density at radius 3 is 2.27 bits per heavy atom. The van der Waals surface area contributed by atoms with Crippen molar-refractivity contribution in [2.75, 3.05) is 6.54 Å². The summed E-state index contributed by atoms with van der Waals surface area (Å²) >= 11 is 0. The summed E-state index contributed by atoms with van der Waals surface area (Å²) in [5.41, 5.74) is -1.89. The number of rotatable bonds is 10. The van der Waals surface area contributed by atoms with Gasteiger partial charge in [-0.1, -0.05) is 52.0 Å². The molecule has 1 aromatic carbocycles. The minimum absolute atomic E-state index is 0.139. The molecule has 2 nitrogen and oxygen atoms in total. The third-order valence-corrected chi connectivity index (χ3v) is 4.56. The third kappa shape index (κ3) is 6.29. The zero-order valence-corrected chi connectivity index (χ0v) is 15.8. The van der Waals surface area contributed by atoms with E-state index < -0.39 is 29.0 Å². The number of amides is 1. The van der Waals surface area contributed by atoms with E-state index in [-0.39, 0.29) is 6.04 Å². The van der Waals surface area contributed by atoms with E-state index in [1.165, 1.54) is 4.90 Å². The van der Waals surface area contributed by atoms with Crippen molar-refractivity contribution in [1.29, 1.82) is 0 Å². The molecule has 0 N–H and O–H groups in total. The second kappa shape index (κ2) is 10.5. The summed E-state index contributed by atoms with van der Waals surface area (Å²) in [7, 11) is 0. The van der Waals surface area contributed by atoms with Crippen LogP contribution in [0.3, 0.4) is 0 Å². The molecular weight excluding hydrogens is 346 g/mol. The monoisotopic (exact) mass is 375 g/mol. The van der Waals surface area contributed by atoms with Crippen LogP contribution in [0.25, 0.3) is 0 Å². The fourth-order valence-electron chi connectivity index (χ4n) is 2.97. The van der Waals surface area contributed by atoms with Crippen molar-refractivity contribution >= 4 is 5.91 Å². The molecule has 0 aliphatic rings. The molecule has 0 bridgehead atoms. The molecule has 0 heterocycles. The second-order valence-electron chi connectivity index (χ2n) is 6.72. The van der Waals surface area contributed by atoms with Gasteiger partial charge in [-0.2, -0.15) is 13.2 Å². The fourth-order valence-corrected chi connectivity index (χ4v) is 2.97. The van der Waals surface area contributed by atoms with Crippen LogP contribution in [-0.4, -0.2) is 23.4 Å². The van der Waals surface area contributed by atoms with E-state index in [0.717, 1.165) is 57.1 Å². The molecule has 1 atom stereocenters. The van der Waals surface area contributed by atoms with E-state index in [1.54, 1.807) is 0 Å². The maximum Gasteiger partial charge on any atom is 0.419 e. The lowest BCUT2D eigenvalue weighted by Gasteiger charge is -2.30. The summed E-state index contributed by atoms with van der Waals surface area (Å²) < 4.78 is 53.2. The molecule has 0 aliphatic carbocycles. The number of alkyl halides is 3. The first kappa shape index (κ1) is 22.5. The Morgan fingerprint density at radius 1 is 1.08 bits per heavy atom. The number of benzene rings is 1. The van der Waals surface area contributed by atoms with Crippen LogP contribution >= 0.6 is 0 Å². The van der Waals surface area contributed by atoms with E-state index in [4.69, 9.17) is 0 Å². The molecule has 26 heavy (non-hydrogen) atoms. The average molecular weight is 375 g/mol. The molecule has 1 aromatic rings. The minimum atomic E-state index is -4.82. The standard InChI is InChI=1S/C20H29F4NO/c1-4-6-8-11-15(3)25(14-9-7-5-2)19(26)16-12-10-13-17(18(16)21)20(22,23)24/h10,12-13,15H,4-9,11,14H2,1-3H3. The number of nitrogens with zero attached hydrogens (tertiary/aromatic N) is 1. The van der Waals surface area contributed by atoms with Crippen LogP contribution in [0.5, 0.6) is 0 Å². The maximum atomic E-state index is 14.4. The fraction of sp³-hybridized carbons (Fsp3) is 0.650. The maximum absolute atomic E-state index is 14.4. The lowest BCUT2D eigenvalue weighted by molar-refractivity contribution is -0.140. The Bertz CT molecular complexity index is 571. The van der Waals surface area contributed by atoms with Gasteiger partial charge in [0, 0.05) is 12.6 Å². The van der Waals surface area contributed by atoms with E-state index in [2.05, 4.69) is 6.92 Å². The van der Waals surface area contributed by atoms with Gasteiger partial charge in [-0.3, -0.25) is 4.79 Å². The van der Waals surface area contributed by atoms with Crippen LogP contribution in [0.15, 0.2) is 18.2 Å². The van der Waals surface area contributed by atoms with Crippen LogP contribution in [0, 0.1) is 5.82 Å². The summed E-state index contributed by atoms with van der Waals surface area (Å²) in [5.74, 6) is -2.14. The zero-order valence-electron chi connectivity index (χ0n) is 15.8. The highest BCUT2D eigenvalue weighted by Gasteiger charge is 2.36. The third-order valence-electron chi connectivity index (χ3n) is 4.56. The average Bonchev–Trinajstić information content (AvgIpc) is 2.57. The highest BCUT2D eigenvalue weighted by atomic mass is 19.4. The quantitative estimate of drug-likeness (QED) is 0.340. The molecule has 1 amide bonds. The summed E-state index contributed by atoms with van der Waals surface area (Å²) in [6, 6.07) is 2.75. The molecule has 0 aromatic heterocycles. The van der Waals surface area contributed by atoms with Gasteiger partial charge in [0.05, 0.1) is 11.1 Å². The number of carbonyl (C=O) groups excluding carboxylic acids is 1. The van der Waals surface area contributed by atoms with Crippen molar-refractivity contribution in [3.8, 4) is 0 Å². The van der Waals surface area contributed by atoms with Crippen LogP contribution in [0.2, 0.25) is 0 Å². The molecule has 0 saturated heterocycles. The molecule has 148 valence electrons. The van der Waals surface area contributed by atoms with Crippen molar-refractivity contribution in [2.45, 2.75) is 77.9 Å². The molecule has 1 rings (SSSR count). The number of hydrogen-bond donors (Lipinski definition) is 0. The molecule has 0 saturated carbocycles. The van der Waals surface area contributed by atoms with Gasteiger partial charge >= 0.3 is 6.18 Å². The molecule has 0 radical (unpaired) electrons. The highest BCUT2D eigenvalue weighted by Crippen LogP contribution is 2.33. The van der Waals surface area contributed by atoms with Crippen molar-refractivity contribution < 1.29 is 22.4 Å². The Morgan fingerprint density at radius 2 is 1.69 bits per heavy atom. The smallest absolute Gasteiger partial charge is 0.336 e. The van der Waals surface area contributed by atoms with Gasteiger partial charge < -0.3 is 4.90 Å². The van der Waals surface area contributed by atoms with Gasteiger partial charge in [0.2, 0.25) is 0 Å². The van der Waals surface area contributed by atoms with E-state index in [0.29, 0.717) is 12.6 Å². The SMILES string of the molecule is CCCCCC(C)N(CCCCC)C(=O)c1cccc(C(F)(F)F)c1F. The summed E-state index contributed by atoms with van der Waals surface area (Å²) in [4.78, 5) is 14.4. The summed E-state index contributed by atoms with van der Waals surface area (Å²) in [6.45, 7) is 6.41. The first-order chi connectivity index (χ1) is 12.2. The number of carbonyl (C=O) groups is 1. The molecular formula is C20H29F4NO. The van der Waals surface area contributed by atoms with Gasteiger partial charge in [-0.05, 0) is 31.9 Å². The molecule has 6 heteroatoms. The van der Waals surface area contributed by atoms with E-state index >= 15 is 0 Å². The molecule has 0 spiro atoms. The normalized spacial score (nSPS) is 12.9. The lowest BCUT2D eigenvalue weighted by Crippen LogP contribution is -2.40. The van der Waals surface area contributed by atoms with E-state index in [1.807, 2.05) is 13.8 Å². The van der Waals surface area contributed by atoms with Gasteiger partial charge in [0.1, 0.15) is 5.82 Å². The predicted molar refractivity (Wildman–Crippen MR) is 95.6 cm³/mol. The van der Waals surface area contributed by atoms with Crippen LogP contribution in [-0.2, 0) is 6.18 Å². The van der Waals surface area contributed by atoms with Crippen LogP contribution < -0.4 is 0 Å². The largest absolute Gasteiger partial charge is 0.419 e. The van der Waals surface area contributed by atoms with Crippen LogP contribution in [0.1, 0.15) is 81.6 Å². The summed E-state index contributed by atoms with van der Waals surface area (Å²) in [6.07, 6.45) is 1.56. The topological polar surface area (TPSA) is 20.3 Å². The van der Waals surface area contributed by atoms with Gasteiger partial charge in [-0.15, -0.1) is 0 Å². The summed E-state index contributed by atoms with van der Waals surface area (Å²) in [5, 5.41) is 0. The van der Waals surface area contributed by atoms with Crippen molar-refractivity contribution in [1.82, 2.24) is 4.90 Å². The Hall–Kier alpha value is -1.59. The molecule has 0 fully saturated rings. The van der Waals surface area contributed by atoms with Crippen molar-refractivity contribution in [3.63, 3.8) is 0 Å². The highest BCUT2D eigenvalue weighted by molar-refractivity contribution is 5.95. The number of halogens is 4. The first-order valence-electron chi connectivity index (χ1n) is 9.40.